The fraction of sp³-hybridized carbons (Fsp3) is 0.350. The van der Waals surface area contributed by atoms with Gasteiger partial charge in [0.05, 0.1) is 16.9 Å². The summed E-state index contributed by atoms with van der Waals surface area (Å²) >= 11 is 0. The first kappa shape index (κ1) is 23.1. The van der Waals surface area contributed by atoms with Gasteiger partial charge in [-0.3, -0.25) is 19.2 Å². The van der Waals surface area contributed by atoms with Crippen molar-refractivity contribution < 1.29 is 18.1 Å². The van der Waals surface area contributed by atoms with Gasteiger partial charge >= 0.3 is 0 Å². The zero-order chi connectivity index (χ0) is 22.5. The van der Waals surface area contributed by atoms with E-state index in [1.54, 1.807) is 6.92 Å². The van der Waals surface area contributed by atoms with E-state index in [9.17, 15) is 23.3 Å². The average molecular weight is 435 g/mol. The van der Waals surface area contributed by atoms with Crippen molar-refractivity contribution >= 4 is 33.0 Å². The van der Waals surface area contributed by atoms with Crippen LogP contribution in [-0.4, -0.2) is 51.7 Å². The van der Waals surface area contributed by atoms with Crippen molar-refractivity contribution in [2.75, 3.05) is 35.6 Å². The Morgan fingerprint density at radius 3 is 2.40 bits per heavy atom. The fourth-order valence-electron chi connectivity index (χ4n) is 3.04. The van der Waals surface area contributed by atoms with Crippen molar-refractivity contribution in [3.63, 3.8) is 0 Å². The number of nitrogens with one attached hydrogen (secondary N) is 1. The molecule has 0 unspecified atom stereocenters. The molecule has 1 amide bonds. The predicted octanol–water partition coefficient (Wildman–Crippen LogP) is 2.31. The number of rotatable bonds is 9. The number of non-ortho nitro benzene ring substituents is 1. The van der Waals surface area contributed by atoms with Crippen LogP contribution in [0.4, 0.5) is 17.1 Å². The first-order valence-corrected chi connectivity index (χ1v) is 11.2. The van der Waals surface area contributed by atoms with Crippen LogP contribution < -0.4 is 14.5 Å². The molecule has 0 radical (unpaired) electrons. The Bertz CT molecular complexity index is 1010. The van der Waals surface area contributed by atoms with Crippen LogP contribution in [-0.2, 0) is 14.8 Å². The molecular formula is C20H26N4O5S. The highest BCUT2D eigenvalue weighted by molar-refractivity contribution is 7.92. The van der Waals surface area contributed by atoms with Gasteiger partial charge in [-0.05, 0) is 31.5 Å². The number of para-hydroxylation sites is 1. The summed E-state index contributed by atoms with van der Waals surface area (Å²) in [6.07, 6.45) is 0.970. The second-order valence-corrected chi connectivity index (χ2v) is 8.87. The van der Waals surface area contributed by atoms with E-state index in [-0.39, 0.29) is 11.4 Å². The maximum Gasteiger partial charge on any atom is 0.271 e. The molecule has 2 aromatic rings. The van der Waals surface area contributed by atoms with Gasteiger partial charge in [-0.25, -0.2) is 8.42 Å². The molecule has 9 nitrogen and oxygen atoms in total. The second-order valence-electron chi connectivity index (χ2n) is 7.01. The molecule has 0 aliphatic carbocycles. The summed E-state index contributed by atoms with van der Waals surface area (Å²) in [4.78, 5) is 25.2. The molecule has 0 aliphatic rings. The van der Waals surface area contributed by atoms with E-state index >= 15 is 0 Å². The molecule has 0 saturated heterocycles. The number of sulfonamides is 1. The number of carbonyl (C=O) groups is 1. The number of nitro benzene ring substituents is 1. The average Bonchev–Trinajstić information content (AvgIpc) is 2.68. The SMILES string of the molecule is Cc1ccc([N+](=O)[O-])cc1N([C@@H](C)C(=O)NCCN(C)c1ccccc1)S(C)(=O)=O. The lowest BCUT2D eigenvalue weighted by atomic mass is 10.1. The third-order valence-electron chi connectivity index (χ3n) is 4.67. The van der Waals surface area contributed by atoms with E-state index in [2.05, 4.69) is 5.32 Å². The Balaban J connectivity index is 2.16. The highest BCUT2D eigenvalue weighted by atomic mass is 32.2. The Morgan fingerprint density at radius 2 is 1.83 bits per heavy atom. The van der Waals surface area contributed by atoms with Crippen molar-refractivity contribution in [3.8, 4) is 0 Å². The molecule has 1 atom stereocenters. The second kappa shape index (κ2) is 9.57. The zero-order valence-electron chi connectivity index (χ0n) is 17.4. The summed E-state index contributed by atoms with van der Waals surface area (Å²) in [5, 5.41) is 13.9. The molecule has 30 heavy (non-hydrogen) atoms. The van der Waals surface area contributed by atoms with Crippen molar-refractivity contribution in [1.82, 2.24) is 5.32 Å². The number of carbonyl (C=O) groups excluding carboxylic acids is 1. The van der Waals surface area contributed by atoms with Crippen LogP contribution in [0.1, 0.15) is 12.5 Å². The van der Waals surface area contributed by atoms with E-state index < -0.39 is 26.9 Å². The van der Waals surface area contributed by atoms with Gasteiger partial charge in [0, 0.05) is 38.0 Å². The van der Waals surface area contributed by atoms with Crippen LogP contribution in [0.3, 0.4) is 0 Å². The van der Waals surface area contributed by atoms with Crippen LogP contribution in [0.2, 0.25) is 0 Å². The lowest BCUT2D eigenvalue weighted by molar-refractivity contribution is -0.384. The molecule has 162 valence electrons. The first-order valence-electron chi connectivity index (χ1n) is 9.30. The molecule has 0 heterocycles. The Labute approximate surface area is 176 Å². The van der Waals surface area contributed by atoms with Gasteiger partial charge < -0.3 is 10.2 Å². The highest BCUT2D eigenvalue weighted by Gasteiger charge is 2.31. The number of amides is 1. The van der Waals surface area contributed by atoms with E-state index in [4.69, 9.17) is 0 Å². The topological polar surface area (TPSA) is 113 Å². The van der Waals surface area contributed by atoms with Gasteiger partial charge in [0.2, 0.25) is 15.9 Å². The molecule has 0 spiro atoms. The fourth-order valence-corrected chi connectivity index (χ4v) is 4.26. The number of likely N-dealkylation sites (N-methyl/N-ethyl adjacent to an activating group) is 1. The normalized spacial score (nSPS) is 12.1. The van der Waals surface area contributed by atoms with Crippen LogP contribution in [0.25, 0.3) is 0 Å². The van der Waals surface area contributed by atoms with E-state index in [0.717, 1.165) is 16.2 Å². The Hall–Kier alpha value is -3.14. The van der Waals surface area contributed by atoms with E-state index in [1.807, 2.05) is 42.3 Å². The van der Waals surface area contributed by atoms with Crippen molar-refractivity contribution in [1.29, 1.82) is 0 Å². The molecular weight excluding hydrogens is 408 g/mol. The molecule has 2 aromatic carbocycles. The minimum Gasteiger partial charge on any atom is -0.373 e. The lowest BCUT2D eigenvalue weighted by Crippen LogP contribution is -2.49. The molecule has 0 aliphatic heterocycles. The highest BCUT2D eigenvalue weighted by Crippen LogP contribution is 2.29. The molecule has 2 rings (SSSR count). The summed E-state index contributed by atoms with van der Waals surface area (Å²) in [7, 11) is -1.98. The standard InChI is InChI=1S/C20H26N4O5S/c1-15-10-11-18(24(26)27)14-19(15)23(30(4,28)29)16(2)20(25)21-12-13-22(3)17-8-6-5-7-9-17/h5-11,14,16H,12-13H2,1-4H3,(H,21,25)/t16-/m0/s1. The smallest absolute Gasteiger partial charge is 0.271 e. The number of hydrogen-bond acceptors (Lipinski definition) is 6. The van der Waals surface area contributed by atoms with Gasteiger partial charge in [0.15, 0.2) is 0 Å². The number of nitro groups is 1. The zero-order valence-corrected chi connectivity index (χ0v) is 18.2. The maximum absolute atomic E-state index is 12.7. The van der Waals surface area contributed by atoms with Gasteiger partial charge in [-0.2, -0.15) is 0 Å². The van der Waals surface area contributed by atoms with Gasteiger partial charge in [0.25, 0.3) is 5.69 Å². The van der Waals surface area contributed by atoms with Crippen molar-refractivity contribution in [2.45, 2.75) is 19.9 Å². The van der Waals surface area contributed by atoms with Crippen molar-refractivity contribution in [3.05, 3.63) is 64.2 Å². The van der Waals surface area contributed by atoms with Crippen LogP contribution >= 0.6 is 0 Å². The third-order valence-corrected chi connectivity index (χ3v) is 5.90. The minimum absolute atomic E-state index is 0.107. The van der Waals surface area contributed by atoms with Crippen LogP contribution in [0.5, 0.6) is 0 Å². The number of nitrogens with zero attached hydrogens (tertiary/aromatic N) is 3. The van der Waals surface area contributed by atoms with Gasteiger partial charge in [0.1, 0.15) is 6.04 Å². The monoisotopic (exact) mass is 434 g/mol. The summed E-state index contributed by atoms with van der Waals surface area (Å²) in [6, 6.07) is 12.5. The molecule has 10 heteroatoms. The summed E-state index contributed by atoms with van der Waals surface area (Å²) in [5.74, 6) is -0.493. The third kappa shape index (κ3) is 5.69. The Morgan fingerprint density at radius 1 is 1.20 bits per heavy atom. The maximum atomic E-state index is 12.7. The lowest BCUT2D eigenvalue weighted by Gasteiger charge is -2.29. The number of hydrogen-bond donors (Lipinski definition) is 1. The number of benzene rings is 2. The minimum atomic E-state index is -3.87. The van der Waals surface area contributed by atoms with E-state index in [0.29, 0.717) is 18.7 Å². The molecule has 0 aromatic heterocycles. The summed E-state index contributed by atoms with van der Waals surface area (Å²) in [6.45, 7) is 3.92. The Kier molecular flexibility index (Phi) is 7.38. The largest absolute Gasteiger partial charge is 0.373 e. The molecule has 0 fully saturated rings. The first-order chi connectivity index (χ1) is 14.0. The van der Waals surface area contributed by atoms with Gasteiger partial charge in [-0.15, -0.1) is 0 Å². The molecule has 0 saturated carbocycles. The van der Waals surface area contributed by atoms with Crippen LogP contribution in [0.15, 0.2) is 48.5 Å². The molecule has 0 bridgehead atoms. The quantitative estimate of drug-likeness (QED) is 0.479. The van der Waals surface area contributed by atoms with E-state index in [1.165, 1.54) is 25.1 Å². The summed E-state index contributed by atoms with van der Waals surface area (Å²) < 4.78 is 25.8. The number of anilines is 2. The van der Waals surface area contributed by atoms with Gasteiger partial charge in [-0.1, -0.05) is 24.3 Å². The predicted molar refractivity (Wildman–Crippen MR) is 117 cm³/mol. The number of aryl methyl sites for hydroxylation is 1. The summed E-state index contributed by atoms with van der Waals surface area (Å²) in [5.41, 5.74) is 1.36. The van der Waals surface area contributed by atoms with Crippen LogP contribution in [0, 0.1) is 17.0 Å². The van der Waals surface area contributed by atoms with Crippen molar-refractivity contribution in [2.24, 2.45) is 0 Å². The molecule has 1 N–H and O–H groups in total.